The molecule has 5 rings (SSSR count). The second-order valence-electron chi connectivity index (χ2n) is 8.55. The summed E-state index contributed by atoms with van der Waals surface area (Å²) in [6.07, 6.45) is 0.681. The maximum absolute atomic E-state index is 12.2. The van der Waals surface area contributed by atoms with Crippen LogP contribution in [0.15, 0.2) is 43.0 Å². The molecule has 1 aromatic carbocycles. The molecule has 4 heterocycles. The number of phosphoric ester groups is 1. The van der Waals surface area contributed by atoms with E-state index in [1.54, 1.807) is 4.57 Å². The lowest BCUT2D eigenvalue weighted by Gasteiger charge is -2.23. The monoisotopic (exact) mass is 533 g/mol. The molecule has 0 bridgehead atoms. The first-order valence-electron chi connectivity index (χ1n) is 11.8. The van der Waals surface area contributed by atoms with Gasteiger partial charge in [0, 0.05) is 12.1 Å². The minimum Gasteiger partial charge on any atom is -0.756 e. The number of fused-ring (bicyclic) bond motifs is 2. The molecule has 3 aromatic rings. The van der Waals surface area contributed by atoms with E-state index in [0.29, 0.717) is 17.7 Å². The van der Waals surface area contributed by atoms with Crippen LogP contribution in [-0.2, 0) is 23.3 Å². The van der Waals surface area contributed by atoms with E-state index in [-0.39, 0.29) is 5.82 Å². The lowest BCUT2D eigenvalue weighted by Crippen LogP contribution is -2.32. The summed E-state index contributed by atoms with van der Waals surface area (Å²) in [5.74, 6) is 0.213. The molecule has 2 aromatic heterocycles. The third-order valence-corrected chi connectivity index (χ3v) is 6.48. The molecule has 2 aliphatic rings. The Labute approximate surface area is 211 Å². The molecule has 15 heteroatoms. The second-order valence-corrected chi connectivity index (χ2v) is 9.75. The van der Waals surface area contributed by atoms with Gasteiger partial charge >= 0.3 is 6.03 Å². The molecule has 2 aliphatic heterocycles. The maximum atomic E-state index is 12.2. The first kappa shape index (κ1) is 25.7. The highest BCUT2D eigenvalue weighted by Crippen LogP contribution is 2.46. The quantitative estimate of drug-likeness (QED) is 0.268. The fraction of sp³-hybridized carbons (Fsp3) is 0.455. The van der Waals surface area contributed by atoms with Crippen molar-refractivity contribution in [1.82, 2.24) is 24.8 Å². The molecule has 198 valence electrons. The van der Waals surface area contributed by atoms with Gasteiger partial charge in [-0.1, -0.05) is 43.7 Å². The lowest BCUT2D eigenvalue weighted by molar-refractivity contribution is -0.224. The van der Waals surface area contributed by atoms with Crippen molar-refractivity contribution in [3.8, 4) is 0 Å². The van der Waals surface area contributed by atoms with Gasteiger partial charge in [0.05, 0.1) is 12.9 Å². The summed E-state index contributed by atoms with van der Waals surface area (Å²) in [5.41, 5.74) is 1.45. The molecule has 3 unspecified atom stereocenters. The molecule has 0 aliphatic carbocycles. The van der Waals surface area contributed by atoms with Crippen LogP contribution in [0.2, 0.25) is 0 Å². The number of amides is 2. The zero-order valence-electron chi connectivity index (χ0n) is 19.8. The number of aromatic nitrogens is 4. The van der Waals surface area contributed by atoms with E-state index in [0.717, 1.165) is 18.4 Å². The number of rotatable bonds is 9. The van der Waals surface area contributed by atoms with Gasteiger partial charge in [0.15, 0.2) is 29.5 Å². The van der Waals surface area contributed by atoms with Gasteiger partial charge in [-0.15, -0.1) is 0 Å². The van der Waals surface area contributed by atoms with E-state index in [1.807, 2.05) is 37.3 Å². The van der Waals surface area contributed by atoms with E-state index in [2.05, 4.69) is 30.1 Å². The van der Waals surface area contributed by atoms with Gasteiger partial charge in [0.2, 0.25) is 0 Å². The Kier molecular flexibility index (Phi) is 7.49. The molecule has 3 N–H and O–H groups in total. The summed E-state index contributed by atoms with van der Waals surface area (Å²) in [6.45, 7) is 2.07. The van der Waals surface area contributed by atoms with Gasteiger partial charge in [-0.2, -0.15) is 0 Å². The molecule has 6 atom stereocenters. The molecule has 0 saturated carbocycles. The summed E-state index contributed by atoms with van der Waals surface area (Å²) >= 11 is 0. The van der Waals surface area contributed by atoms with Crippen LogP contribution in [0.3, 0.4) is 0 Å². The second kappa shape index (κ2) is 10.8. The molecule has 37 heavy (non-hydrogen) atoms. The van der Waals surface area contributed by atoms with Crippen molar-refractivity contribution in [2.45, 2.75) is 50.6 Å². The van der Waals surface area contributed by atoms with Gasteiger partial charge in [-0.3, -0.25) is 14.4 Å². The third-order valence-electron chi connectivity index (χ3n) is 6.00. The summed E-state index contributed by atoms with van der Waals surface area (Å²) < 4.78 is 35.8. The number of urea groups is 1. The average molecular weight is 533 g/mol. The van der Waals surface area contributed by atoms with Crippen molar-refractivity contribution < 1.29 is 37.9 Å². The topological polar surface area (TPSA) is 182 Å². The predicted molar refractivity (Wildman–Crippen MR) is 126 cm³/mol. The number of unbranched alkanes of at least 4 members (excludes halogenated alkanes) is 1. The number of nitrogens with one attached hydrogen (secondary N) is 2. The van der Waals surface area contributed by atoms with E-state index >= 15 is 0 Å². The Bertz CT molecular complexity index is 1290. The van der Waals surface area contributed by atoms with Crippen molar-refractivity contribution in [3.05, 3.63) is 48.5 Å². The third kappa shape index (κ3) is 5.65. The Morgan fingerprint density at radius 1 is 1.19 bits per heavy atom. The van der Waals surface area contributed by atoms with Crippen LogP contribution in [0.25, 0.3) is 11.2 Å². The number of carbonyl (C=O) groups is 1. The Hall–Kier alpha value is -2.97. The molecule has 14 nitrogen and oxygen atoms in total. The number of benzene rings is 1. The summed E-state index contributed by atoms with van der Waals surface area (Å²) in [7, 11) is -4.99. The van der Waals surface area contributed by atoms with Crippen LogP contribution in [0.1, 0.15) is 37.8 Å². The van der Waals surface area contributed by atoms with E-state index < -0.39 is 51.3 Å². The maximum Gasteiger partial charge on any atom is 0.320 e. The number of nitrogens with zero attached hydrogens (tertiary/aromatic N) is 4. The fourth-order valence-corrected chi connectivity index (χ4v) is 4.62. The number of hydrogen-bond donors (Lipinski definition) is 3. The summed E-state index contributed by atoms with van der Waals surface area (Å²) in [4.78, 5) is 45.4. The SMILES string of the molecule is CCCCNC(=O)Nc1ncnc2c1ncn2[C@@H]1O[C@H](COP(=O)([O-])O)[C@@H]2OC(c3ccccc3)OC21. The lowest BCUT2D eigenvalue weighted by atomic mass is 10.1. The van der Waals surface area contributed by atoms with Crippen molar-refractivity contribution in [2.24, 2.45) is 0 Å². The Morgan fingerprint density at radius 2 is 1.97 bits per heavy atom. The molecule has 2 amide bonds. The average Bonchev–Trinajstić information content (AvgIpc) is 3.57. The van der Waals surface area contributed by atoms with E-state index in [4.69, 9.17) is 19.1 Å². The van der Waals surface area contributed by atoms with Crippen molar-refractivity contribution in [3.63, 3.8) is 0 Å². The summed E-state index contributed by atoms with van der Waals surface area (Å²) in [6, 6.07) is 8.82. The Morgan fingerprint density at radius 3 is 2.73 bits per heavy atom. The van der Waals surface area contributed by atoms with Gasteiger partial charge in [0.25, 0.3) is 7.82 Å². The van der Waals surface area contributed by atoms with E-state index in [1.165, 1.54) is 12.7 Å². The van der Waals surface area contributed by atoms with Crippen molar-refractivity contribution >= 4 is 30.8 Å². The Balaban J connectivity index is 1.41. The first-order chi connectivity index (χ1) is 17.8. The number of imidazole rings is 1. The van der Waals surface area contributed by atoms with Crippen LogP contribution in [0.5, 0.6) is 0 Å². The number of ether oxygens (including phenoxy) is 3. The van der Waals surface area contributed by atoms with Crippen LogP contribution in [-0.4, -0.2) is 61.9 Å². The molecular weight excluding hydrogens is 507 g/mol. The fourth-order valence-electron chi connectivity index (χ4n) is 4.29. The molecule has 0 radical (unpaired) electrons. The molecule has 2 saturated heterocycles. The predicted octanol–water partition coefficient (Wildman–Crippen LogP) is 1.61. The minimum atomic E-state index is -4.99. The van der Waals surface area contributed by atoms with Crippen LogP contribution >= 0.6 is 7.82 Å². The molecule has 2 fully saturated rings. The smallest absolute Gasteiger partial charge is 0.320 e. The van der Waals surface area contributed by atoms with Gasteiger partial charge in [-0.25, -0.2) is 19.7 Å². The molecule has 0 spiro atoms. The zero-order chi connectivity index (χ0) is 26.0. The minimum absolute atomic E-state index is 0.213. The standard InChI is InChI=1S/C22H27N6O8P/c1-2-3-9-23-22(29)27-18-15-19(25-11-24-18)28(12-26-15)20-17-16(14(34-20)10-33-37(30,31)32)35-21(36-17)13-7-5-4-6-8-13/h4-8,11-12,14,16-17,20-21H,2-3,9-10H2,1H3,(H2,30,31,32)(H2,23,24,25,27,29)/p-1/t14-,16+,17?,20-,21?/m1/s1. The van der Waals surface area contributed by atoms with Crippen LogP contribution in [0, 0.1) is 0 Å². The molecular formula is C22H26N6O8P-. The van der Waals surface area contributed by atoms with Gasteiger partial charge in [0.1, 0.15) is 24.6 Å². The normalized spacial score (nSPS) is 26.6. The van der Waals surface area contributed by atoms with Crippen LogP contribution < -0.4 is 15.5 Å². The van der Waals surface area contributed by atoms with Crippen molar-refractivity contribution in [2.75, 3.05) is 18.5 Å². The van der Waals surface area contributed by atoms with Gasteiger partial charge < -0.3 is 33.8 Å². The first-order valence-corrected chi connectivity index (χ1v) is 13.3. The van der Waals surface area contributed by atoms with Gasteiger partial charge in [-0.05, 0) is 6.42 Å². The largest absolute Gasteiger partial charge is 0.756 e. The number of carbonyl (C=O) groups excluding carboxylic acids is 1. The number of hydrogen-bond acceptors (Lipinski definition) is 10. The van der Waals surface area contributed by atoms with Crippen molar-refractivity contribution in [1.29, 1.82) is 0 Å². The number of phosphoric acid groups is 1. The summed E-state index contributed by atoms with van der Waals surface area (Å²) in [5, 5.41) is 5.43. The van der Waals surface area contributed by atoms with E-state index in [9.17, 15) is 14.3 Å². The van der Waals surface area contributed by atoms with Crippen LogP contribution in [0.4, 0.5) is 10.6 Å². The highest BCUT2D eigenvalue weighted by atomic mass is 31.2. The zero-order valence-corrected chi connectivity index (χ0v) is 20.7. The number of anilines is 1. The highest BCUT2D eigenvalue weighted by Gasteiger charge is 2.54. The highest BCUT2D eigenvalue weighted by molar-refractivity contribution is 7.44.